The van der Waals surface area contributed by atoms with E-state index in [9.17, 15) is 0 Å². The highest BCUT2D eigenvalue weighted by Gasteiger charge is 2.01. The Morgan fingerprint density at radius 1 is 1.00 bits per heavy atom. The lowest BCUT2D eigenvalue weighted by Crippen LogP contribution is -2.05. The van der Waals surface area contributed by atoms with E-state index in [1.807, 2.05) is 0 Å². The molecule has 12 heavy (non-hydrogen) atoms. The summed E-state index contributed by atoms with van der Waals surface area (Å²) in [4.78, 5) is 0. The molecule has 1 aromatic rings. The van der Waals surface area contributed by atoms with Crippen LogP contribution in [0.5, 0.6) is 0 Å². The molecule has 0 unspecified atom stereocenters. The van der Waals surface area contributed by atoms with E-state index in [4.69, 9.17) is 11.5 Å². The molecule has 0 aliphatic carbocycles. The molecule has 4 N–H and O–H groups in total. The van der Waals surface area contributed by atoms with Crippen LogP contribution in [0.3, 0.4) is 0 Å². The van der Waals surface area contributed by atoms with Gasteiger partial charge in [0.2, 0.25) is 0 Å². The maximum absolute atomic E-state index is 5.61. The molecule has 2 nitrogen and oxygen atoms in total. The summed E-state index contributed by atoms with van der Waals surface area (Å²) >= 11 is 0. The summed E-state index contributed by atoms with van der Waals surface area (Å²) in [6, 6.07) is 4.21. The molecule has 0 aliphatic heterocycles. The minimum absolute atomic E-state index is 0.604. The van der Waals surface area contributed by atoms with Gasteiger partial charge in [-0.2, -0.15) is 0 Å². The summed E-state index contributed by atoms with van der Waals surface area (Å²) in [6.07, 6.45) is 0. The summed E-state index contributed by atoms with van der Waals surface area (Å²) in [5.74, 6) is 0. The van der Waals surface area contributed by atoms with E-state index in [0.29, 0.717) is 13.1 Å². The summed E-state index contributed by atoms with van der Waals surface area (Å²) in [5, 5.41) is 0. The molecule has 0 radical (unpaired) electrons. The van der Waals surface area contributed by atoms with Crippen LogP contribution in [0, 0.1) is 13.8 Å². The van der Waals surface area contributed by atoms with Crippen LogP contribution >= 0.6 is 0 Å². The molecule has 2 heteroatoms. The molecule has 0 heterocycles. The first-order chi connectivity index (χ1) is 5.69. The third-order valence-corrected chi connectivity index (χ3v) is 2.20. The Labute approximate surface area is 73.6 Å². The van der Waals surface area contributed by atoms with Crippen molar-refractivity contribution in [3.63, 3.8) is 0 Å². The third-order valence-electron chi connectivity index (χ3n) is 2.20. The molecule has 0 amide bonds. The lowest BCUT2D eigenvalue weighted by molar-refractivity contribution is 0.999. The second-order valence-electron chi connectivity index (χ2n) is 3.12. The maximum Gasteiger partial charge on any atom is 0.0183 e. The molecule has 0 atom stereocenters. The van der Waals surface area contributed by atoms with Gasteiger partial charge in [-0.25, -0.2) is 0 Å². The van der Waals surface area contributed by atoms with Crippen LogP contribution in [-0.2, 0) is 13.1 Å². The molecule has 0 aliphatic rings. The number of nitrogens with two attached hydrogens (primary N) is 2. The second kappa shape index (κ2) is 3.70. The van der Waals surface area contributed by atoms with Crippen LogP contribution in [0.25, 0.3) is 0 Å². The Bertz CT molecular complexity index is 256. The third kappa shape index (κ3) is 1.65. The van der Waals surface area contributed by atoms with Gasteiger partial charge in [0.1, 0.15) is 0 Å². The fourth-order valence-electron chi connectivity index (χ4n) is 1.52. The van der Waals surface area contributed by atoms with E-state index >= 15 is 0 Å². The fraction of sp³-hybridized carbons (Fsp3) is 0.400. The number of hydrogen-bond donors (Lipinski definition) is 2. The highest BCUT2D eigenvalue weighted by molar-refractivity contribution is 5.37. The van der Waals surface area contributed by atoms with E-state index in [1.54, 1.807) is 0 Å². The van der Waals surface area contributed by atoms with Gasteiger partial charge in [-0.3, -0.25) is 0 Å². The summed E-state index contributed by atoms with van der Waals surface area (Å²) in [5.41, 5.74) is 16.1. The molecular weight excluding hydrogens is 148 g/mol. The Kier molecular flexibility index (Phi) is 2.84. The standard InChI is InChI=1S/C10H16N2/c1-7-3-9(5-11)4-8(2)10(7)6-12/h3-4H,5-6,11-12H2,1-2H3. The van der Waals surface area contributed by atoms with Gasteiger partial charge in [0.15, 0.2) is 0 Å². The fourth-order valence-corrected chi connectivity index (χ4v) is 1.52. The lowest BCUT2D eigenvalue weighted by atomic mass is 9.99. The van der Waals surface area contributed by atoms with Crippen LogP contribution in [-0.4, -0.2) is 0 Å². The molecular formula is C10H16N2. The molecule has 0 saturated heterocycles. The smallest absolute Gasteiger partial charge is 0.0183 e. The van der Waals surface area contributed by atoms with Gasteiger partial charge in [0, 0.05) is 13.1 Å². The number of hydrogen-bond acceptors (Lipinski definition) is 2. The van der Waals surface area contributed by atoms with Crippen LogP contribution in [0.1, 0.15) is 22.3 Å². The summed E-state index contributed by atoms with van der Waals surface area (Å²) in [6.45, 7) is 5.37. The molecule has 0 saturated carbocycles. The van der Waals surface area contributed by atoms with Gasteiger partial charge in [-0.1, -0.05) is 12.1 Å². The summed E-state index contributed by atoms with van der Waals surface area (Å²) in [7, 11) is 0. The zero-order valence-electron chi connectivity index (χ0n) is 7.72. The van der Waals surface area contributed by atoms with E-state index in [1.165, 1.54) is 22.3 Å². The van der Waals surface area contributed by atoms with Crippen molar-refractivity contribution >= 4 is 0 Å². The molecule has 66 valence electrons. The van der Waals surface area contributed by atoms with Crippen LogP contribution in [0.2, 0.25) is 0 Å². The van der Waals surface area contributed by atoms with Crippen molar-refractivity contribution in [3.8, 4) is 0 Å². The Balaban J connectivity index is 3.18. The normalized spacial score (nSPS) is 10.3. The highest BCUT2D eigenvalue weighted by Crippen LogP contribution is 2.15. The topological polar surface area (TPSA) is 52.0 Å². The van der Waals surface area contributed by atoms with Gasteiger partial charge >= 0.3 is 0 Å². The molecule has 0 spiro atoms. The first-order valence-electron chi connectivity index (χ1n) is 4.18. The zero-order valence-corrected chi connectivity index (χ0v) is 7.72. The van der Waals surface area contributed by atoms with Crippen LogP contribution in [0.15, 0.2) is 12.1 Å². The Hall–Kier alpha value is -0.860. The minimum Gasteiger partial charge on any atom is -0.326 e. The highest BCUT2D eigenvalue weighted by atomic mass is 14.5. The zero-order chi connectivity index (χ0) is 9.14. The Morgan fingerprint density at radius 2 is 1.50 bits per heavy atom. The van der Waals surface area contributed by atoms with Crippen LogP contribution < -0.4 is 11.5 Å². The van der Waals surface area contributed by atoms with Gasteiger partial charge < -0.3 is 11.5 Å². The van der Waals surface area contributed by atoms with Gasteiger partial charge in [-0.15, -0.1) is 0 Å². The van der Waals surface area contributed by atoms with Gasteiger partial charge in [0.25, 0.3) is 0 Å². The molecule has 0 bridgehead atoms. The average molecular weight is 164 g/mol. The maximum atomic E-state index is 5.61. The lowest BCUT2D eigenvalue weighted by Gasteiger charge is -2.09. The van der Waals surface area contributed by atoms with Crippen molar-refractivity contribution < 1.29 is 0 Å². The Morgan fingerprint density at radius 3 is 1.83 bits per heavy atom. The molecule has 0 aromatic heterocycles. The minimum atomic E-state index is 0.604. The first-order valence-corrected chi connectivity index (χ1v) is 4.18. The van der Waals surface area contributed by atoms with Gasteiger partial charge in [-0.05, 0) is 36.1 Å². The van der Waals surface area contributed by atoms with Crippen LogP contribution in [0.4, 0.5) is 0 Å². The molecule has 1 aromatic carbocycles. The largest absolute Gasteiger partial charge is 0.326 e. The predicted molar refractivity (Wildman–Crippen MR) is 51.7 cm³/mol. The SMILES string of the molecule is Cc1cc(CN)cc(C)c1CN. The average Bonchev–Trinajstić information content (AvgIpc) is 2.03. The number of rotatable bonds is 2. The van der Waals surface area contributed by atoms with Crippen molar-refractivity contribution in [3.05, 3.63) is 34.4 Å². The molecule has 1 rings (SSSR count). The monoisotopic (exact) mass is 164 g/mol. The quantitative estimate of drug-likeness (QED) is 0.690. The van der Waals surface area contributed by atoms with Gasteiger partial charge in [0.05, 0.1) is 0 Å². The van der Waals surface area contributed by atoms with Crippen molar-refractivity contribution in [1.82, 2.24) is 0 Å². The van der Waals surface area contributed by atoms with Crippen molar-refractivity contribution in [2.45, 2.75) is 26.9 Å². The summed E-state index contributed by atoms with van der Waals surface area (Å²) < 4.78 is 0. The number of benzene rings is 1. The van der Waals surface area contributed by atoms with Crippen molar-refractivity contribution in [2.75, 3.05) is 0 Å². The van der Waals surface area contributed by atoms with Crippen molar-refractivity contribution in [1.29, 1.82) is 0 Å². The van der Waals surface area contributed by atoms with E-state index in [-0.39, 0.29) is 0 Å². The molecule has 0 fully saturated rings. The number of aryl methyl sites for hydroxylation is 2. The predicted octanol–water partition coefficient (Wildman–Crippen LogP) is 1.22. The van der Waals surface area contributed by atoms with E-state index in [2.05, 4.69) is 26.0 Å². The first kappa shape index (κ1) is 9.23. The second-order valence-corrected chi connectivity index (χ2v) is 3.12. The van der Waals surface area contributed by atoms with Crippen molar-refractivity contribution in [2.24, 2.45) is 11.5 Å². The van der Waals surface area contributed by atoms with E-state index < -0.39 is 0 Å². The van der Waals surface area contributed by atoms with E-state index in [0.717, 1.165) is 0 Å².